The number of carbonyl (C=O) groups excluding carboxylic acids is 1. The molecule has 1 heterocycles. The third kappa shape index (κ3) is 3.78. The maximum Gasteiger partial charge on any atom is 0.319 e. The van der Waals surface area contributed by atoms with Crippen LogP contribution in [0.2, 0.25) is 0 Å². The number of aromatic amines is 1. The molecule has 3 aromatic rings. The topological polar surface area (TPSA) is 114 Å². The molecule has 0 spiro atoms. The summed E-state index contributed by atoms with van der Waals surface area (Å²) in [6.45, 7) is 3.78. The second-order valence-corrected chi connectivity index (χ2v) is 6.13. The van der Waals surface area contributed by atoms with Gasteiger partial charge in [-0.05, 0) is 37.6 Å². The number of hydrogen-bond acceptors (Lipinski definition) is 5. The lowest BCUT2D eigenvalue weighted by atomic mass is 10.1. The number of ether oxygens (including phenoxy) is 2. The van der Waals surface area contributed by atoms with Gasteiger partial charge in [0.15, 0.2) is 17.4 Å². The number of benzene rings is 2. The van der Waals surface area contributed by atoms with E-state index < -0.39 is 11.8 Å². The number of amides is 2. The maximum absolute atomic E-state index is 14.8. The van der Waals surface area contributed by atoms with Crippen molar-refractivity contribution >= 4 is 28.4 Å². The number of urea groups is 1. The van der Waals surface area contributed by atoms with E-state index in [2.05, 4.69) is 20.8 Å². The highest BCUT2D eigenvalue weighted by Gasteiger charge is 2.20. The number of nitrogen functional groups attached to an aromatic ring is 1. The zero-order valence-electron chi connectivity index (χ0n) is 15.8. The molecule has 0 aliphatic carbocycles. The molecule has 0 fully saturated rings. The van der Waals surface area contributed by atoms with Gasteiger partial charge < -0.3 is 25.8 Å². The van der Waals surface area contributed by atoms with E-state index in [1.807, 2.05) is 31.2 Å². The van der Waals surface area contributed by atoms with Crippen LogP contribution in [0.1, 0.15) is 25.5 Å². The van der Waals surface area contributed by atoms with Crippen LogP contribution in [0.4, 0.5) is 20.7 Å². The first-order valence-corrected chi connectivity index (χ1v) is 8.74. The molecule has 148 valence electrons. The van der Waals surface area contributed by atoms with Crippen molar-refractivity contribution in [3.63, 3.8) is 0 Å². The Morgan fingerprint density at radius 3 is 2.89 bits per heavy atom. The van der Waals surface area contributed by atoms with E-state index in [4.69, 9.17) is 15.2 Å². The molecule has 0 aliphatic heterocycles. The van der Waals surface area contributed by atoms with Crippen LogP contribution in [0.15, 0.2) is 30.3 Å². The molecular formula is C19H22FN5O3. The van der Waals surface area contributed by atoms with Gasteiger partial charge in [-0.25, -0.2) is 9.18 Å². The summed E-state index contributed by atoms with van der Waals surface area (Å²) < 4.78 is 25.3. The van der Waals surface area contributed by atoms with Crippen LogP contribution in [0.3, 0.4) is 0 Å². The summed E-state index contributed by atoms with van der Waals surface area (Å²) in [4.78, 5) is 12.5. The lowest BCUT2D eigenvalue weighted by molar-refractivity contribution is 0.249. The van der Waals surface area contributed by atoms with Gasteiger partial charge in [0.05, 0.1) is 25.4 Å². The predicted molar refractivity (Wildman–Crippen MR) is 105 cm³/mol. The Morgan fingerprint density at radius 1 is 1.39 bits per heavy atom. The molecule has 0 saturated carbocycles. The van der Waals surface area contributed by atoms with Crippen LogP contribution < -0.4 is 25.8 Å². The number of aromatic nitrogens is 2. The van der Waals surface area contributed by atoms with Crippen molar-refractivity contribution in [2.75, 3.05) is 24.8 Å². The smallest absolute Gasteiger partial charge is 0.319 e. The molecule has 5 N–H and O–H groups in total. The van der Waals surface area contributed by atoms with Crippen molar-refractivity contribution in [1.29, 1.82) is 0 Å². The van der Waals surface area contributed by atoms with Gasteiger partial charge in [-0.15, -0.1) is 0 Å². The average molecular weight is 387 g/mol. The lowest BCUT2D eigenvalue weighted by Crippen LogP contribution is -2.31. The molecular weight excluding hydrogens is 365 g/mol. The van der Waals surface area contributed by atoms with Gasteiger partial charge >= 0.3 is 6.03 Å². The van der Waals surface area contributed by atoms with Crippen molar-refractivity contribution in [1.82, 2.24) is 15.5 Å². The molecule has 2 amide bonds. The maximum atomic E-state index is 14.8. The highest BCUT2D eigenvalue weighted by atomic mass is 19.1. The molecule has 28 heavy (non-hydrogen) atoms. The molecule has 0 radical (unpaired) electrons. The van der Waals surface area contributed by atoms with E-state index in [1.165, 1.54) is 6.07 Å². The van der Waals surface area contributed by atoms with E-state index in [0.717, 1.165) is 5.56 Å². The summed E-state index contributed by atoms with van der Waals surface area (Å²) >= 11 is 0. The Morgan fingerprint density at radius 2 is 2.18 bits per heavy atom. The largest absolute Gasteiger partial charge is 0.497 e. The quantitative estimate of drug-likeness (QED) is 0.516. The van der Waals surface area contributed by atoms with E-state index in [-0.39, 0.29) is 35.4 Å². The fraction of sp³-hybridized carbons (Fsp3) is 0.263. The van der Waals surface area contributed by atoms with Crippen LogP contribution in [-0.2, 0) is 0 Å². The summed E-state index contributed by atoms with van der Waals surface area (Å²) in [7, 11) is 1.57. The van der Waals surface area contributed by atoms with Crippen molar-refractivity contribution < 1.29 is 18.7 Å². The molecule has 0 bridgehead atoms. The first kappa shape index (κ1) is 19.3. The molecule has 3 rings (SSSR count). The van der Waals surface area contributed by atoms with Crippen molar-refractivity contribution in [3.8, 4) is 11.5 Å². The minimum atomic E-state index is -0.667. The SMILES string of the molecule is CCOc1c(NC(=O)NC(C)c2cccc(OC)c2)cc2c(N)n[nH]c2c1F. The zero-order chi connectivity index (χ0) is 20.3. The summed E-state index contributed by atoms with van der Waals surface area (Å²) in [5.74, 6) is 0.0702. The second kappa shape index (κ2) is 8.03. The monoisotopic (exact) mass is 387 g/mol. The van der Waals surface area contributed by atoms with Crippen molar-refractivity contribution in [2.45, 2.75) is 19.9 Å². The number of methoxy groups -OCH3 is 1. The van der Waals surface area contributed by atoms with Crippen LogP contribution in [0.25, 0.3) is 10.9 Å². The number of nitrogens with one attached hydrogen (secondary N) is 3. The number of nitrogens with two attached hydrogens (primary N) is 1. The summed E-state index contributed by atoms with van der Waals surface area (Å²) in [6, 6.07) is 8.06. The van der Waals surface area contributed by atoms with Gasteiger partial charge in [0.1, 0.15) is 11.3 Å². The van der Waals surface area contributed by atoms with Crippen LogP contribution in [0.5, 0.6) is 11.5 Å². The van der Waals surface area contributed by atoms with Gasteiger partial charge in [-0.3, -0.25) is 5.10 Å². The summed E-state index contributed by atoms with van der Waals surface area (Å²) in [6.07, 6.45) is 0. The Hall–Kier alpha value is -3.49. The lowest BCUT2D eigenvalue weighted by Gasteiger charge is -2.17. The standard InChI is InChI=1S/C19H22FN5O3/c1-4-28-17-14(9-13-16(15(17)20)24-25-18(13)21)23-19(26)22-10(2)11-6-5-7-12(8-11)27-3/h5-10H,4H2,1-3H3,(H3,21,24,25)(H2,22,23,26). The second-order valence-electron chi connectivity index (χ2n) is 6.13. The molecule has 0 saturated heterocycles. The number of rotatable bonds is 6. The zero-order valence-corrected chi connectivity index (χ0v) is 15.8. The highest BCUT2D eigenvalue weighted by molar-refractivity contribution is 5.98. The van der Waals surface area contributed by atoms with Gasteiger partial charge in [0.2, 0.25) is 0 Å². The first-order valence-electron chi connectivity index (χ1n) is 8.74. The van der Waals surface area contributed by atoms with Gasteiger partial charge in [0.25, 0.3) is 0 Å². The van der Waals surface area contributed by atoms with E-state index in [1.54, 1.807) is 14.0 Å². The van der Waals surface area contributed by atoms with Gasteiger partial charge in [0, 0.05) is 5.39 Å². The van der Waals surface area contributed by atoms with Crippen LogP contribution >= 0.6 is 0 Å². The number of hydrogen-bond donors (Lipinski definition) is 4. The number of halogens is 1. The highest BCUT2D eigenvalue weighted by Crippen LogP contribution is 2.35. The molecule has 1 aromatic heterocycles. The molecule has 1 atom stereocenters. The van der Waals surface area contributed by atoms with E-state index in [0.29, 0.717) is 11.1 Å². The number of H-pyrrole nitrogens is 1. The Balaban J connectivity index is 1.83. The molecule has 2 aromatic carbocycles. The first-order chi connectivity index (χ1) is 13.4. The Labute approximate surface area is 161 Å². The van der Waals surface area contributed by atoms with E-state index in [9.17, 15) is 9.18 Å². The normalized spacial score (nSPS) is 11.9. The number of nitrogens with zero attached hydrogens (tertiary/aromatic N) is 1. The Bertz CT molecular complexity index is 1000. The molecule has 8 nitrogen and oxygen atoms in total. The minimum absolute atomic E-state index is 0.0807. The fourth-order valence-electron chi connectivity index (χ4n) is 2.85. The van der Waals surface area contributed by atoms with Crippen molar-refractivity contribution in [2.24, 2.45) is 0 Å². The van der Waals surface area contributed by atoms with Crippen LogP contribution in [-0.4, -0.2) is 29.9 Å². The summed E-state index contributed by atoms with van der Waals surface area (Å²) in [5, 5.41) is 12.1. The molecule has 0 aliphatic rings. The third-order valence-corrected chi connectivity index (χ3v) is 4.26. The minimum Gasteiger partial charge on any atom is -0.497 e. The number of fused-ring (bicyclic) bond motifs is 1. The van der Waals surface area contributed by atoms with Crippen LogP contribution in [0, 0.1) is 5.82 Å². The number of anilines is 2. The summed E-state index contributed by atoms with van der Waals surface area (Å²) in [5.41, 5.74) is 6.91. The number of carbonyl (C=O) groups is 1. The Kier molecular flexibility index (Phi) is 5.53. The van der Waals surface area contributed by atoms with Gasteiger partial charge in [-0.2, -0.15) is 5.10 Å². The van der Waals surface area contributed by atoms with Crippen molar-refractivity contribution in [3.05, 3.63) is 41.7 Å². The van der Waals surface area contributed by atoms with Gasteiger partial charge in [-0.1, -0.05) is 12.1 Å². The average Bonchev–Trinajstić information content (AvgIpc) is 3.05. The molecule has 1 unspecified atom stereocenters. The third-order valence-electron chi connectivity index (χ3n) is 4.26. The van der Waals surface area contributed by atoms with E-state index >= 15 is 0 Å². The predicted octanol–water partition coefficient (Wildman–Crippen LogP) is 3.57. The fourth-order valence-corrected chi connectivity index (χ4v) is 2.85. The molecule has 9 heteroatoms.